The fraction of sp³-hybridized carbons (Fsp3) is 0.600. The fourth-order valence-corrected chi connectivity index (χ4v) is 3.16. The van der Waals surface area contributed by atoms with E-state index in [0.29, 0.717) is 30.6 Å². The van der Waals surface area contributed by atoms with E-state index in [2.05, 4.69) is 17.6 Å². The summed E-state index contributed by atoms with van der Waals surface area (Å²) >= 11 is 0. The SMILES string of the molecule is CC(CC(=O)NCc1cccc(OCC(=O)N(C)C)c1)C1CCNCC1. The van der Waals surface area contributed by atoms with Crippen molar-refractivity contribution in [2.45, 2.75) is 32.7 Å². The number of nitrogens with one attached hydrogen (secondary N) is 2. The van der Waals surface area contributed by atoms with Crippen molar-refractivity contribution in [2.75, 3.05) is 33.8 Å². The molecule has 6 heteroatoms. The summed E-state index contributed by atoms with van der Waals surface area (Å²) in [5.41, 5.74) is 0.961. The van der Waals surface area contributed by atoms with Gasteiger partial charge >= 0.3 is 0 Å². The summed E-state index contributed by atoms with van der Waals surface area (Å²) in [6.45, 7) is 4.76. The second-order valence-electron chi connectivity index (χ2n) is 7.27. The molecular formula is C20H31N3O3. The van der Waals surface area contributed by atoms with Gasteiger partial charge in [0, 0.05) is 27.1 Å². The quantitative estimate of drug-likeness (QED) is 0.741. The lowest BCUT2D eigenvalue weighted by Crippen LogP contribution is -2.33. The van der Waals surface area contributed by atoms with E-state index < -0.39 is 0 Å². The zero-order valence-electron chi connectivity index (χ0n) is 16.1. The number of carbonyl (C=O) groups excluding carboxylic acids is 2. The van der Waals surface area contributed by atoms with Gasteiger partial charge in [0.2, 0.25) is 5.91 Å². The van der Waals surface area contributed by atoms with Gasteiger partial charge < -0.3 is 20.3 Å². The maximum Gasteiger partial charge on any atom is 0.259 e. The fourth-order valence-electron chi connectivity index (χ4n) is 3.16. The molecule has 0 aliphatic carbocycles. The number of piperidine rings is 1. The molecule has 6 nitrogen and oxygen atoms in total. The van der Waals surface area contributed by atoms with Crippen LogP contribution in [0.1, 0.15) is 31.7 Å². The van der Waals surface area contributed by atoms with Gasteiger partial charge in [-0.05, 0) is 55.5 Å². The standard InChI is InChI=1S/C20H31N3O3/c1-15(17-7-9-21-10-8-17)11-19(24)22-13-16-5-4-6-18(12-16)26-14-20(25)23(2)3/h4-6,12,15,17,21H,7-11,13-14H2,1-3H3,(H,22,24). The summed E-state index contributed by atoms with van der Waals surface area (Å²) in [5, 5.41) is 6.36. The third kappa shape index (κ3) is 6.67. The molecule has 1 saturated heterocycles. The van der Waals surface area contributed by atoms with Gasteiger partial charge in [0.15, 0.2) is 6.61 Å². The van der Waals surface area contributed by atoms with Crippen molar-refractivity contribution in [3.63, 3.8) is 0 Å². The van der Waals surface area contributed by atoms with Crippen LogP contribution in [0.25, 0.3) is 0 Å². The number of nitrogens with zero attached hydrogens (tertiary/aromatic N) is 1. The van der Waals surface area contributed by atoms with Crippen LogP contribution < -0.4 is 15.4 Å². The Labute approximate surface area is 156 Å². The summed E-state index contributed by atoms with van der Waals surface area (Å²) in [4.78, 5) is 25.3. The summed E-state index contributed by atoms with van der Waals surface area (Å²) in [6, 6.07) is 7.48. The molecule has 0 radical (unpaired) electrons. The van der Waals surface area contributed by atoms with Crippen LogP contribution in [0.5, 0.6) is 5.75 Å². The molecule has 1 aliphatic heterocycles. The van der Waals surface area contributed by atoms with Crippen molar-refractivity contribution in [3.8, 4) is 5.75 Å². The van der Waals surface area contributed by atoms with Crippen molar-refractivity contribution in [3.05, 3.63) is 29.8 Å². The molecule has 1 unspecified atom stereocenters. The van der Waals surface area contributed by atoms with E-state index in [9.17, 15) is 9.59 Å². The zero-order chi connectivity index (χ0) is 18.9. The van der Waals surface area contributed by atoms with Crippen LogP contribution in [0.3, 0.4) is 0 Å². The monoisotopic (exact) mass is 361 g/mol. The van der Waals surface area contributed by atoms with E-state index in [1.54, 1.807) is 14.1 Å². The molecule has 0 saturated carbocycles. The van der Waals surface area contributed by atoms with Crippen LogP contribution in [0, 0.1) is 11.8 Å². The molecule has 0 bridgehead atoms. The normalized spacial score (nSPS) is 16.0. The van der Waals surface area contributed by atoms with Gasteiger partial charge in [0.25, 0.3) is 5.91 Å². The van der Waals surface area contributed by atoms with Crippen LogP contribution in [-0.2, 0) is 16.1 Å². The summed E-state index contributed by atoms with van der Waals surface area (Å²) < 4.78 is 5.51. The molecular weight excluding hydrogens is 330 g/mol. The average molecular weight is 361 g/mol. The number of amides is 2. The van der Waals surface area contributed by atoms with Crippen molar-refractivity contribution in [2.24, 2.45) is 11.8 Å². The minimum atomic E-state index is -0.0874. The molecule has 1 atom stereocenters. The Morgan fingerprint density at radius 2 is 2.04 bits per heavy atom. The Bertz CT molecular complexity index is 598. The Balaban J connectivity index is 1.76. The lowest BCUT2D eigenvalue weighted by atomic mass is 9.84. The molecule has 0 spiro atoms. The summed E-state index contributed by atoms with van der Waals surface area (Å²) in [5.74, 6) is 1.67. The molecule has 1 aromatic rings. The van der Waals surface area contributed by atoms with E-state index in [0.717, 1.165) is 31.5 Å². The van der Waals surface area contributed by atoms with Crippen LogP contribution in [0.2, 0.25) is 0 Å². The van der Waals surface area contributed by atoms with E-state index >= 15 is 0 Å². The Hall–Kier alpha value is -2.08. The van der Waals surface area contributed by atoms with E-state index in [1.165, 1.54) is 4.90 Å². The predicted molar refractivity (Wildman–Crippen MR) is 102 cm³/mol. The highest BCUT2D eigenvalue weighted by molar-refractivity contribution is 5.77. The third-order valence-electron chi connectivity index (χ3n) is 4.95. The highest BCUT2D eigenvalue weighted by atomic mass is 16.5. The number of benzene rings is 1. The van der Waals surface area contributed by atoms with Crippen LogP contribution in [0.4, 0.5) is 0 Å². The molecule has 1 aliphatic rings. The Morgan fingerprint density at radius 3 is 2.73 bits per heavy atom. The highest BCUT2D eigenvalue weighted by Gasteiger charge is 2.21. The van der Waals surface area contributed by atoms with Gasteiger partial charge in [-0.1, -0.05) is 19.1 Å². The molecule has 1 fully saturated rings. The summed E-state index contributed by atoms with van der Waals surface area (Å²) in [7, 11) is 3.39. The first-order valence-corrected chi connectivity index (χ1v) is 9.35. The molecule has 26 heavy (non-hydrogen) atoms. The minimum absolute atomic E-state index is 0.0105. The maximum absolute atomic E-state index is 12.2. The topological polar surface area (TPSA) is 70.7 Å². The minimum Gasteiger partial charge on any atom is -0.484 e. The van der Waals surface area contributed by atoms with Gasteiger partial charge in [-0.2, -0.15) is 0 Å². The molecule has 1 heterocycles. The van der Waals surface area contributed by atoms with Gasteiger partial charge in [-0.25, -0.2) is 0 Å². The lowest BCUT2D eigenvalue weighted by molar-refractivity contribution is -0.130. The number of carbonyl (C=O) groups is 2. The molecule has 1 aromatic carbocycles. The van der Waals surface area contributed by atoms with Crippen molar-refractivity contribution < 1.29 is 14.3 Å². The smallest absolute Gasteiger partial charge is 0.259 e. The largest absolute Gasteiger partial charge is 0.484 e. The van der Waals surface area contributed by atoms with Gasteiger partial charge in [-0.3, -0.25) is 9.59 Å². The summed E-state index contributed by atoms with van der Waals surface area (Å²) in [6.07, 6.45) is 2.87. The molecule has 144 valence electrons. The van der Waals surface area contributed by atoms with Crippen molar-refractivity contribution >= 4 is 11.8 Å². The Kier molecular flexibility index (Phi) is 7.91. The van der Waals surface area contributed by atoms with Crippen LogP contribution >= 0.6 is 0 Å². The molecule has 2 N–H and O–H groups in total. The van der Waals surface area contributed by atoms with E-state index in [4.69, 9.17) is 4.74 Å². The lowest BCUT2D eigenvalue weighted by Gasteiger charge is -2.27. The first-order chi connectivity index (χ1) is 12.5. The van der Waals surface area contributed by atoms with Gasteiger partial charge in [-0.15, -0.1) is 0 Å². The predicted octanol–water partition coefficient (Wildman–Crippen LogP) is 1.80. The average Bonchev–Trinajstić information content (AvgIpc) is 2.65. The first-order valence-electron chi connectivity index (χ1n) is 9.35. The third-order valence-corrected chi connectivity index (χ3v) is 4.95. The van der Waals surface area contributed by atoms with Gasteiger partial charge in [0.05, 0.1) is 0 Å². The second kappa shape index (κ2) is 10.2. The number of ether oxygens (including phenoxy) is 1. The molecule has 2 amide bonds. The number of hydrogen-bond donors (Lipinski definition) is 2. The highest BCUT2D eigenvalue weighted by Crippen LogP contribution is 2.24. The maximum atomic E-state index is 12.2. The van der Waals surface area contributed by atoms with E-state index in [-0.39, 0.29) is 18.4 Å². The van der Waals surface area contributed by atoms with Crippen LogP contribution in [0.15, 0.2) is 24.3 Å². The van der Waals surface area contributed by atoms with Crippen molar-refractivity contribution in [1.29, 1.82) is 0 Å². The number of likely N-dealkylation sites (N-methyl/N-ethyl adjacent to an activating group) is 1. The zero-order valence-corrected chi connectivity index (χ0v) is 16.1. The molecule has 0 aromatic heterocycles. The van der Waals surface area contributed by atoms with Gasteiger partial charge in [0.1, 0.15) is 5.75 Å². The molecule has 2 rings (SSSR count). The Morgan fingerprint density at radius 1 is 1.31 bits per heavy atom. The van der Waals surface area contributed by atoms with Crippen LogP contribution in [-0.4, -0.2) is 50.5 Å². The second-order valence-corrected chi connectivity index (χ2v) is 7.27. The first kappa shape index (κ1) is 20.2. The van der Waals surface area contributed by atoms with Crippen molar-refractivity contribution in [1.82, 2.24) is 15.5 Å². The van der Waals surface area contributed by atoms with E-state index in [1.807, 2.05) is 24.3 Å². The number of rotatable bonds is 8. The number of hydrogen-bond acceptors (Lipinski definition) is 4.